The second-order valence-electron chi connectivity index (χ2n) is 9.39. The molecular formula is C23H42O. The third-order valence-corrected chi connectivity index (χ3v) is 7.82. The van der Waals surface area contributed by atoms with Gasteiger partial charge < -0.3 is 4.74 Å². The Balaban J connectivity index is 1.48. The minimum atomic E-state index is 0.460. The first-order valence-electron chi connectivity index (χ1n) is 11.4. The van der Waals surface area contributed by atoms with Crippen molar-refractivity contribution in [2.45, 2.75) is 116 Å². The fourth-order valence-corrected chi connectivity index (χ4v) is 6.34. The Morgan fingerprint density at radius 3 is 2.25 bits per heavy atom. The highest BCUT2D eigenvalue weighted by Crippen LogP contribution is 2.53. The number of rotatable bonds is 7. The molecule has 3 aliphatic carbocycles. The van der Waals surface area contributed by atoms with Gasteiger partial charge in [0.2, 0.25) is 0 Å². The summed E-state index contributed by atoms with van der Waals surface area (Å²) in [4.78, 5) is 0. The van der Waals surface area contributed by atoms with E-state index >= 15 is 0 Å². The highest BCUT2D eigenvalue weighted by Gasteiger charge is 2.44. The smallest absolute Gasteiger partial charge is 0.0581 e. The van der Waals surface area contributed by atoms with E-state index in [9.17, 15) is 0 Å². The van der Waals surface area contributed by atoms with Crippen molar-refractivity contribution in [2.75, 3.05) is 0 Å². The summed E-state index contributed by atoms with van der Waals surface area (Å²) in [5.41, 5.74) is 0. The van der Waals surface area contributed by atoms with Gasteiger partial charge in [0.1, 0.15) is 0 Å². The Morgan fingerprint density at radius 1 is 0.833 bits per heavy atom. The molecule has 0 bridgehead atoms. The molecule has 0 radical (unpaired) electrons. The molecule has 140 valence electrons. The highest BCUT2D eigenvalue weighted by atomic mass is 16.5. The summed E-state index contributed by atoms with van der Waals surface area (Å²) >= 11 is 0. The normalized spacial score (nSPS) is 40.6. The molecule has 0 aromatic heterocycles. The van der Waals surface area contributed by atoms with E-state index in [0.29, 0.717) is 12.2 Å². The van der Waals surface area contributed by atoms with Crippen molar-refractivity contribution in [3.05, 3.63) is 0 Å². The van der Waals surface area contributed by atoms with Crippen molar-refractivity contribution in [3.63, 3.8) is 0 Å². The summed E-state index contributed by atoms with van der Waals surface area (Å²) in [5.74, 6) is 5.27. The molecule has 0 saturated heterocycles. The monoisotopic (exact) mass is 334 g/mol. The first-order chi connectivity index (χ1) is 11.7. The fraction of sp³-hybridized carbons (Fsp3) is 1.00. The van der Waals surface area contributed by atoms with Crippen LogP contribution >= 0.6 is 0 Å². The number of hydrogen-bond acceptors (Lipinski definition) is 1. The van der Waals surface area contributed by atoms with Crippen molar-refractivity contribution in [1.29, 1.82) is 0 Å². The van der Waals surface area contributed by atoms with Gasteiger partial charge in [0.05, 0.1) is 12.2 Å². The lowest BCUT2D eigenvalue weighted by molar-refractivity contribution is -0.0760. The van der Waals surface area contributed by atoms with Gasteiger partial charge >= 0.3 is 0 Å². The average Bonchev–Trinajstić information content (AvgIpc) is 2.61. The molecule has 0 amide bonds. The predicted octanol–water partition coefficient (Wildman–Crippen LogP) is 6.99. The summed E-state index contributed by atoms with van der Waals surface area (Å²) in [6.45, 7) is 6.84. The van der Waals surface area contributed by atoms with Gasteiger partial charge in [-0.05, 0) is 87.9 Å². The van der Waals surface area contributed by atoms with Crippen LogP contribution in [0.15, 0.2) is 0 Å². The minimum Gasteiger partial charge on any atom is -0.375 e. The van der Waals surface area contributed by atoms with E-state index in [1.54, 1.807) is 19.3 Å². The summed E-state index contributed by atoms with van der Waals surface area (Å²) in [5, 5.41) is 0. The van der Waals surface area contributed by atoms with Crippen LogP contribution in [-0.4, -0.2) is 12.2 Å². The van der Waals surface area contributed by atoms with Crippen LogP contribution < -0.4 is 0 Å². The highest BCUT2D eigenvalue weighted by molar-refractivity contribution is 4.94. The molecule has 0 aliphatic heterocycles. The summed E-state index contributed by atoms with van der Waals surface area (Å²) in [6.07, 6.45) is 19.9. The molecule has 3 rings (SSSR count). The fourth-order valence-electron chi connectivity index (χ4n) is 6.34. The van der Waals surface area contributed by atoms with Gasteiger partial charge in [0.15, 0.2) is 0 Å². The van der Waals surface area contributed by atoms with Crippen LogP contribution in [0, 0.1) is 29.6 Å². The Labute approximate surface area is 151 Å². The van der Waals surface area contributed by atoms with E-state index in [0.717, 1.165) is 36.0 Å². The number of hydrogen-bond donors (Lipinski definition) is 0. The van der Waals surface area contributed by atoms with E-state index < -0.39 is 0 Å². The molecule has 24 heavy (non-hydrogen) atoms. The van der Waals surface area contributed by atoms with Gasteiger partial charge in [0.25, 0.3) is 0 Å². The first-order valence-corrected chi connectivity index (χ1v) is 11.4. The summed E-state index contributed by atoms with van der Waals surface area (Å²) in [6, 6.07) is 0. The molecule has 7 atom stereocenters. The van der Waals surface area contributed by atoms with Gasteiger partial charge in [0, 0.05) is 0 Å². The largest absolute Gasteiger partial charge is 0.375 e. The topological polar surface area (TPSA) is 9.23 Å². The lowest BCUT2D eigenvalue weighted by atomic mass is 9.56. The lowest BCUT2D eigenvalue weighted by Gasteiger charge is -2.51. The van der Waals surface area contributed by atoms with Crippen molar-refractivity contribution in [1.82, 2.24) is 0 Å². The van der Waals surface area contributed by atoms with Crippen LogP contribution in [0.1, 0.15) is 104 Å². The predicted molar refractivity (Wildman–Crippen MR) is 103 cm³/mol. The molecule has 0 aromatic rings. The quantitative estimate of drug-likeness (QED) is 0.456. The molecule has 3 aliphatic rings. The second kappa shape index (κ2) is 9.06. The SMILES string of the molecule is CCCCCC1CCC2C(CCC3CC(OC(C)CC)CCC32)C1. The maximum absolute atomic E-state index is 6.30. The van der Waals surface area contributed by atoms with Crippen molar-refractivity contribution >= 4 is 0 Å². The zero-order valence-electron chi connectivity index (χ0n) is 16.6. The zero-order chi connectivity index (χ0) is 16.9. The van der Waals surface area contributed by atoms with E-state index in [1.807, 2.05) is 0 Å². The molecule has 3 fully saturated rings. The molecule has 0 aromatic carbocycles. The Bertz CT molecular complexity index is 365. The molecule has 3 saturated carbocycles. The molecule has 0 heterocycles. The van der Waals surface area contributed by atoms with E-state index in [4.69, 9.17) is 4.74 Å². The van der Waals surface area contributed by atoms with E-state index in [-0.39, 0.29) is 0 Å². The number of unbranched alkanes of at least 4 members (excludes halogenated alkanes) is 2. The van der Waals surface area contributed by atoms with Crippen LogP contribution in [0.25, 0.3) is 0 Å². The molecule has 7 unspecified atom stereocenters. The molecular weight excluding hydrogens is 292 g/mol. The van der Waals surface area contributed by atoms with Crippen molar-refractivity contribution in [3.8, 4) is 0 Å². The third-order valence-electron chi connectivity index (χ3n) is 7.82. The molecule has 1 nitrogen and oxygen atoms in total. The van der Waals surface area contributed by atoms with Crippen LogP contribution in [0.4, 0.5) is 0 Å². The maximum atomic E-state index is 6.30. The second-order valence-corrected chi connectivity index (χ2v) is 9.39. The third kappa shape index (κ3) is 4.57. The minimum absolute atomic E-state index is 0.460. The number of fused-ring (bicyclic) bond motifs is 3. The molecule has 1 heteroatoms. The summed E-state index contributed by atoms with van der Waals surface area (Å²) < 4.78 is 6.30. The van der Waals surface area contributed by atoms with E-state index in [1.165, 1.54) is 57.8 Å². The van der Waals surface area contributed by atoms with Crippen LogP contribution in [0.5, 0.6) is 0 Å². The van der Waals surface area contributed by atoms with Gasteiger partial charge in [-0.15, -0.1) is 0 Å². The van der Waals surface area contributed by atoms with Crippen LogP contribution in [0.3, 0.4) is 0 Å². The average molecular weight is 335 g/mol. The summed E-state index contributed by atoms with van der Waals surface area (Å²) in [7, 11) is 0. The zero-order valence-corrected chi connectivity index (χ0v) is 16.6. The van der Waals surface area contributed by atoms with Gasteiger partial charge in [-0.25, -0.2) is 0 Å². The Kier molecular flexibility index (Phi) is 7.07. The molecule has 0 spiro atoms. The first kappa shape index (κ1) is 18.7. The maximum Gasteiger partial charge on any atom is 0.0581 e. The number of ether oxygens (including phenoxy) is 1. The lowest BCUT2D eigenvalue weighted by Crippen LogP contribution is -2.43. The van der Waals surface area contributed by atoms with Crippen LogP contribution in [0.2, 0.25) is 0 Å². The van der Waals surface area contributed by atoms with E-state index in [2.05, 4.69) is 20.8 Å². The standard InChI is InChI=1S/C23H42O/c1-4-6-7-8-18-9-13-22-19(15-18)10-11-20-16-21(12-14-23(20)22)24-17(3)5-2/h17-23H,4-16H2,1-3H3. The van der Waals surface area contributed by atoms with Gasteiger partial charge in [-0.2, -0.15) is 0 Å². The van der Waals surface area contributed by atoms with Crippen molar-refractivity contribution in [2.24, 2.45) is 29.6 Å². The van der Waals surface area contributed by atoms with Crippen molar-refractivity contribution < 1.29 is 4.74 Å². The molecule has 0 N–H and O–H groups in total. The van der Waals surface area contributed by atoms with Gasteiger partial charge in [-0.1, -0.05) is 46.0 Å². The Hall–Kier alpha value is -0.0400. The van der Waals surface area contributed by atoms with Crippen LogP contribution in [-0.2, 0) is 4.74 Å². The Morgan fingerprint density at radius 2 is 1.54 bits per heavy atom. The van der Waals surface area contributed by atoms with Gasteiger partial charge in [-0.3, -0.25) is 0 Å².